The van der Waals surface area contributed by atoms with Gasteiger partial charge in [0.15, 0.2) is 0 Å². The summed E-state index contributed by atoms with van der Waals surface area (Å²) < 4.78 is 15.3. The molecule has 0 atom stereocenters. The van der Waals surface area contributed by atoms with Gasteiger partial charge < -0.3 is 13.9 Å². The van der Waals surface area contributed by atoms with Crippen LogP contribution < -0.4 is 0 Å². The van der Waals surface area contributed by atoms with E-state index in [1.54, 1.807) is 20.8 Å². The average molecular weight is 268 g/mol. The molecule has 0 fully saturated rings. The monoisotopic (exact) mass is 268 g/mol. The predicted octanol–water partition coefficient (Wildman–Crippen LogP) is 2.89. The predicted molar refractivity (Wildman–Crippen MR) is 69.4 cm³/mol. The van der Waals surface area contributed by atoms with Crippen molar-refractivity contribution in [1.82, 2.24) is 0 Å². The zero-order valence-electron chi connectivity index (χ0n) is 11.9. The van der Waals surface area contributed by atoms with Crippen LogP contribution in [-0.4, -0.2) is 25.2 Å². The molecule has 0 spiro atoms. The number of ether oxygens (including phenoxy) is 2. The molecule has 5 heteroatoms. The van der Waals surface area contributed by atoms with Crippen molar-refractivity contribution in [3.8, 4) is 0 Å². The van der Waals surface area contributed by atoms with E-state index in [0.717, 1.165) is 6.42 Å². The van der Waals surface area contributed by atoms with Crippen LogP contribution in [0, 0.1) is 6.92 Å². The summed E-state index contributed by atoms with van der Waals surface area (Å²) >= 11 is 0. The first-order chi connectivity index (χ1) is 9.06. The lowest BCUT2D eigenvalue weighted by Gasteiger charge is -2.04. The highest BCUT2D eigenvalue weighted by molar-refractivity contribution is 5.97. The van der Waals surface area contributed by atoms with Gasteiger partial charge in [-0.2, -0.15) is 0 Å². The first kappa shape index (κ1) is 15.3. The van der Waals surface area contributed by atoms with E-state index in [9.17, 15) is 9.59 Å². The van der Waals surface area contributed by atoms with E-state index in [1.807, 2.05) is 6.92 Å². The largest absolute Gasteiger partial charge is 0.462 e. The Morgan fingerprint density at radius 1 is 1.05 bits per heavy atom. The van der Waals surface area contributed by atoms with Crippen LogP contribution in [0.15, 0.2) is 4.42 Å². The highest BCUT2D eigenvalue weighted by Crippen LogP contribution is 2.25. The van der Waals surface area contributed by atoms with Crippen LogP contribution in [0.5, 0.6) is 0 Å². The van der Waals surface area contributed by atoms with Crippen LogP contribution in [0.3, 0.4) is 0 Å². The van der Waals surface area contributed by atoms with Gasteiger partial charge in [-0.3, -0.25) is 0 Å². The Kier molecular flexibility index (Phi) is 5.60. The molecule has 0 aromatic carbocycles. The Morgan fingerprint density at radius 2 is 1.63 bits per heavy atom. The zero-order valence-corrected chi connectivity index (χ0v) is 11.9. The van der Waals surface area contributed by atoms with Crippen LogP contribution in [0.2, 0.25) is 0 Å². The fourth-order valence-electron chi connectivity index (χ4n) is 1.91. The lowest BCUT2D eigenvalue weighted by atomic mass is 10.0. The van der Waals surface area contributed by atoms with E-state index < -0.39 is 11.9 Å². The summed E-state index contributed by atoms with van der Waals surface area (Å²) in [5, 5.41) is 0. The number of furan rings is 1. The lowest BCUT2D eigenvalue weighted by molar-refractivity contribution is 0.0485. The van der Waals surface area contributed by atoms with Crippen LogP contribution in [-0.2, 0) is 15.9 Å². The van der Waals surface area contributed by atoms with Gasteiger partial charge in [-0.1, -0.05) is 13.3 Å². The van der Waals surface area contributed by atoms with E-state index in [2.05, 4.69) is 0 Å². The standard InChI is InChI=1S/C14H20O5/c1-5-8-10-11(13(15)17-6-2)9(4)19-12(10)14(16)18-7-3/h5-8H2,1-4H3. The smallest absolute Gasteiger partial charge is 0.374 e. The average Bonchev–Trinajstić information content (AvgIpc) is 2.67. The van der Waals surface area contributed by atoms with Crippen molar-refractivity contribution in [3.63, 3.8) is 0 Å². The second-order valence-corrected chi connectivity index (χ2v) is 4.03. The number of hydrogen-bond acceptors (Lipinski definition) is 5. The maximum Gasteiger partial charge on any atom is 0.374 e. The third-order valence-corrected chi connectivity index (χ3v) is 2.62. The molecule has 0 bridgehead atoms. The van der Waals surface area contributed by atoms with Crippen molar-refractivity contribution in [1.29, 1.82) is 0 Å². The molecule has 0 aliphatic heterocycles. The number of aryl methyl sites for hydroxylation is 1. The Balaban J connectivity index is 3.23. The van der Waals surface area contributed by atoms with Gasteiger partial charge in [-0.25, -0.2) is 9.59 Å². The molecule has 0 N–H and O–H groups in total. The number of carbonyl (C=O) groups excluding carboxylic acids is 2. The second kappa shape index (κ2) is 6.97. The van der Waals surface area contributed by atoms with Gasteiger partial charge in [-0.15, -0.1) is 0 Å². The van der Waals surface area contributed by atoms with Crippen LogP contribution in [0.1, 0.15) is 59.4 Å². The van der Waals surface area contributed by atoms with Gasteiger partial charge in [-0.05, 0) is 27.2 Å². The van der Waals surface area contributed by atoms with E-state index in [0.29, 0.717) is 23.3 Å². The number of carbonyl (C=O) groups is 2. The topological polar surface area (TPSA) is 65.7 Å². The Bertz CT molecular complexity index is 459. The molecule has 0 aliphatic rings. The highest BCUT2D eigenvalue weighted by atomic mass is 16.5. The zero-order chi connectivity index (χ0) is 14.4. The van der Waals surface area contributed by atoms with E-state index >= 15 is 0 Å². The molecule has 5 nitrogen and oxygen atoms in total. The quantitative estimate of drug-likeness (QED) is 0.742. The minimum atomic E-state index is -0.537. The molecule has 106 valence electrons. The van der Waals surface area contributed by atoms with Gasteiger partial charge in [0.2, 0.25) is 5.76 Å². The van der Waals surface area contributed by atoms with Crippen molar-refractivity contribution < 1.29 is 23.5 Å². The van der Waals surface area contributed by atoms with Crippen molar-refractivity contribution in [3.05, 3.63) is 22.6 Å². The molecule has 0 amide bonds. The Labute approximate surface area is 112 Å². The van der Waals surface area contributed by atoms with E-state index in [1.165, 1.54) is 0 Å². The Hall–Kier alpha value is -1.78. The molecule has 0 radical (unpaired) electrons. The van der Waals surface area contributed by atoms with Gasteiger partial charge >= 0.3 is 11.9 Å². The maximum absolute atomic E-state index is 11.9. The second-order valence-electron chi connectivity index (χ2n) is 4.03. The summed E-state index contributed by atoms with van der Waals surface area (Å²) in [5.74, 6) is -0.485. The van der Waals surface area contributed by atoms with Crippen molar-refractivity contribution >= 4 is 11.9 Å². The summed E-state index contributed by atoms with van der Waals surface area (Å²) in [5.41, 5.74) is 0.934. The summed E-state index contributed by atoms with van der Waals surface area (Å²) in [7, 11) is 0. The molecule has 1 rings (SSSR count). The first-order valence-electron chi connectivity index (χ1n) is 6.53. The van der Waals surface area contributed by atoms with Crippen molar-refractivity contribution in [2.24, 2.45) is 0 Å². The minimum Gasteiger partial charge on any atom is -0.462 e. The fourth-order valence-corrected chi connectivity index (χ4v) is 1.91. The van der Waals surface area contributed by atoms with Crippen molar-refractivity contribution in [2.45, 2.75) is 40.5 Å². The molecule has 0 saturated carbocycles. The van der Waals surface area contributed by atoms with Crippen LogP contribution in [0.4, 0.5) is 0 Å². The summed E-state index contributed by atoms with van der Waals surface area (Å²) in [6, 6.07) is 0. The summed E-state index contributed by atoms with van der Waals surface area (Å²) in [4.78, 5) is 23.7. The summed E-state index contributed by atoms with van der Waals surface area (Å²) in [6.07, 6.45) is 1.36. The highest BCUT2D eigenvalue weighted by Gasteiger charge is 2.28. The molecule has 1 aromatic heterocycles. The van der Waals surface area contributed by atoms with E-state index in [-0.39, 0.29) is 19.0 Å². The van der Waals surface area contributed by atoms with Gasteiger partial charge in [0, 0.05) is 5.56 Å². The molecule has 1 aromatic rings. The van der Waals surface area contributed by atoms with Crippen molar-refractivity contribution in [2.75, 3.05) is 13.2 Å². The third-order valence-electron chi connectivity index (χ3n) is 2.62. The van der Waals surface area contributed by atoms with Gasteiger partial charge in [0.1, 0.15) is 11.3 Å². The van der Waals surface area contributed by atoms with Gasteiger partial charge in [0.25, 0.3) is 0 Å². The van der Waals surface area contributed by atoms with Gasteiger partial charge in [0.05, 0.1) is 13.2 Å². The molecule has 1 heterocycles. The SMILES string of the molecule is CCCc1c(C(=O)OCC)oc(C)c1C(=O)OCC. The molecule has 0 unspecified atom stereocenters. The fraction of sp³-hybridized carbons (Fsp3) is 0.571. The molecular formula is C14H20O5. The number of esters is 2. The Morgan fingerprint density at radius 3 is 2.16 bits per heavy atom. The molecule has 0 saturated heterocycles. The normalized spacial score (nSPS) is 10.3. The van der Waals surface area contributed by atoms with E-state index in [4.69, 9.17) is 13.9 Å². The van der Waals surface area contributed by atoms with Crippen LogP contribution >= 0.6 is 0 Å². The lowest BCUT2D eigenvalue weighted by Crippen LogP contribution is -2.11. The molecular weight excluding hydrogens is 248 g/mol. The third kappa shape index (κ3) is 3.36. The number of hydrogen-bond donors (Lipinski definition) is 0. The summed E-state index contributed by atoms with van der Waals surface area (Å²) in [6.45, 7) is 7.61. The molecule has 19 heavy (non-hydrogen) atoms. The first-order valence-corrected chi connectivity index (χ1v) is 6.53. The number of rotatable bonds is 6. The maximum atomic E-state index is 11.9. The minimum absolute atomic E-state index is 0.115. The molecule has 0 aliphatic carbocycles. The van der Waals surface area contributed by atoms with Crippen LogP contribution in [0.25, 0.3) is 0 Å².